The van der Waals surface area contributed by atoms with Crippen molar-refractivity contribution < 1.29 is 18.4 Å². The summed E-state index contributed by atoms with van der Waals surface area (Å²) < 4.78 is 18.9. The zero-order valence-electron chi connectivity index (χ0n) is 15.4. The molecule has 1 N–H and O–H groups in total. The summed E-state index contributed by atoms with van der Waals surface area (Å²) >= 11 is 0. The Morgan fingerprint density at radius 1 is 1.03 bits per heavy atom. The lowest BCUT2D eigenvalue weighted by molar-refractivity contribution is 0.0714. The predicted molar refractivity (Wildman–Crippen MR) is 103 cm³/mol. The van der Waals surface area contributed by atoms with E-state index in [2.05, 4.69) is 15.3 Å². The molecule has 148 valence electrons. The molecule has 4 rings (SSSR count). The molecule has 0 aliphatic carbocycles. The number of aromatic nitrogens is 2. The Morgan fingerprint density at radius 3 is 2.55 bits per heavy atom. The van der Waals surface area contributed by atoms with E-state index in [0.29, 0.717) is 37.9 Å². The highest BCUT2D eigenvalue weighted by Gasteiger charge is 2.25. The summed E-state index contributed by atoms with van der Waals surface area (Å²) in [4.78, 5) is 36.9. The van der Waals surface area contributed by atoms with Crippen LogP contribution in [0.4, 0.5) is 16.0 Å². The number of carbonyl (C=O) groups is 2. The molecule has 3 heterocycles. The minimum Gasteiger partial charge on any atom is -0.459 e. The summed E-state index contributed by atoms with van der Waals surface area (Å²) in [5.74, 6) is -0.510. The molecule has 2 amide bonds. The van der Waals surface area contributed by atoms with E-state index in [9.17, 15) is 14.0 Å². The summed E-state index contributed by atoms with van der Waals surface area (Å²) in [5, 5.41) is 2.51. The number of nitrogens with zero attached hydrogens (tertiary/aromatic N) is 4. The third-order valence-corrected chi connectivity index (χ3v) is 4.58. The van der Waals surface area contributed by atoms with Gasteiger partial charge in [-0.2, -0.15) is 0 Å². The van der Waals surface area contributed by atoms with Crippen LogP contribution in [0.25, 0.3) is 0 Å². The van der Waals surface area contributed by atoms with Crippen LogP contribution in [0.15, 0.2) is 59.3 Å². The van der Waals surface area contributed by atoms with Crippen LogP contribution in [0.1, 0.15) is 21.0 Å². The summed E-state index contributed by atoms with van der Waals surface area (Å²) in [6.45, 7) is 2.00. The number of amides is 2. The van der Waals surface area contributed by atoms with E-state index >= 15 is 0 Å². The van der Waals surface area contributed by atoms with Crippen molar-refractivity contribution in [3.8, 4) is 0 Å². The van der Waals surface area contributed by atoms with Crippen LogP contribution in [-0.2, 0) is 0 Å². The van der Waals surface area contributed by atoms with E-state index in [0.717, 1.165) is 0 Å². The minimum absolute atomic E-state index is 0.0858. The van der Waals surface area contributed by atoms with E-state index < -0.39 is 11.7 Å². The molecule has 0 unspecified atom stereocenters. The molecule has 0 saturated carbocycles. The average molecular weight is 395 g/mol. The first-order chi connectivity index (χ1) is 14.1. The number of hydrogen-bond acceptors (Lipinski definition) is 6. The molecule has 3 aromatic rings. The maximum Gasteiger partial charge on any atom is 0.289 e. The first-order valence-electron chi connectivity index (χ1n) is 9.08. The Balaban J connectivity index is 1.41. The van der Waals surface area contributed by atoms with E-state index in [1.807, 2.05) is 4.90 Å². The maximum absolute atomic E-state index is 13.7. The first-order valence-corrected chi connectivity index (χ1v) is 9.08. The van der Waals surface area contributed by atoms with Crippen LogP contribution in [0.3, 0.4) is 0 Å². The molecule has 2 aromatic heterocycles. The Morgan fingerprint density at radius 2 is 1.83 bits per heavy atom. The van der Waals surface area contributed by atoms with Crippen LogP contribution >= 0.6 is 0 Å². The van der Waals surface area contributed by atoms with Gasteiger partial charge in [0.25, 0.3) is 11.8 Å². The van der Waals surface area contributed by atoms with Gasteiger partial charge in [-0.1, -0.05) is 12.1 Å². The molecule has 1 aliphatic rings. The van der Waals surface area contributed by atoms with Gasteiger partial charge in [0.05, 0.1) is 12.0 Å². The van der Waals surface area contributed by atoms with Gasteiger partial charge in [0.15, 0.2) is 5.76 Å². The monoisotopic (exact) mass is 395 g/mol. The van der Waals surface area contributed by atoms with E-state index in [-0.39, 0.29) is 17.3 Å². The topological polar surface area (TPSA) is 91.6 Å². The van der Waals surface area contributed by atoms with Crippen molar-refractivity contribution in [1.29, 1.82) is 0 Å². The molecule has 0 atom stereocenters. The fourth-order valence-electron chi connectivity index (χ4n) is 3.04. The number of halogens is 1. The second-order valence-electron chi connectivity index (χ2n) is 6.43. The molecule has 0 spiro atoms. The second kappa shape index (κ2) is 8.09. The lowest BCUT2D eigenvalue weighted by Crippen LogP contribution is -2.49. The maximum atomic E-state index is 13.7. The quantitative estimate of drug-likeness (QED) is 0.730. The van der Waals surface area contributed by atoms with Gasteiger partial charge in [0.2, 0.25) is 5.95 Å². The van der Waals surface area contributed by atoms with Gasteiger partial charge in [-0.3, -0.25) is 9.59 Å². The van der Waals surface area contributed by atoms with Crippen molar-refractivity contribution in [2.45, 2.75) is 0 Å². The summed E-state index contributed by atoms with van der Waals surface area (Å²) in [5.41, 5.74) is 0.218. The number of hydrogen-bond donors (Lipinski definition) is 1. The highest BCUT2D eigenvalue weighted by molar-refractivity contribution is 6.03. The molecule has 9 heteroatoms. The lowest BCUT2D eigenvalue weighted by Gasteiger charge is -2.34. The Bertz CT molecular complexity index is 1020. The number of nitrogens with one attached hydrogen (secondary N) is 1. The molecule has 0 radical (unpaired) electrons. The highest BCUT2D eigenvalue weighted by Crippen LogP contribution is 2.16. The number of para-hydroxylation sites is 1. The predicted octanol–water partition coefficient (Wildman–Crippen LogP) is 2.42. The summed E-state index contributed by atoms with van der Waals surface area (Å²) in [7, 11) is 0. The highest BCUT2D eigenvalue weighted by atomic mass is 19.1. The molecular formula is C20H18FN5O3. The number of furan rings is 1. The summed E-state index contributed by atoms with van der Waals surface area (Å²) in [6.07, 6.45) is 2.95. The molecule has 0 bridgehead atoms. The van der Waals surface area contributed by atoms with Crippen molar-refractivity contribution in [2.75, 3.05) is 36.4 Å². The van der Waals surface area contributed by atoms with Crippen molar-refractivity contribution in [2.24, 2.45) is 0 Å². The third-order valence-electron chi connectivity index (χ3n) is 4.58. The fraction of sp³-hybridized carbons (Fsp3) is 0.200. The number of rotatable bonds is 4. The molecule has 1 fully saturated rings. The molecular weight excluding hydrogens is 377 g/mol. The summed E-state index contributed by atoms with van der Waals surface area (Å²) in [6, 6.07) is 10.7. The van der Waals surface area contributed by atoms with Crippen molar-refractivity contribution in [3.63, 3.8) is 0 Å². The van der Waals surface area contributed by atoms with Crippen molar-refractivity contribution in [3.05, 3.63) is 72.2 Å². The van der Waals surface area contributed by atoms with Gasteiger partial charge >= 0.3 is 0 Å². The van der Waals surface area contributed by atoms with Gasteiger partial charge in [-0.15, -0.1) is 0 Å². The molecule has 1 aromatic carbocycles. The fourth-order valence-corrected chi connectivity index (χ4v) is 3.04. The van der Waals surface area contributed by atoms with Gasteiger partial charge in [0, 0.05) is 32.4 Å². The minimum atomic E-state index is -0.523. The molecule has 1 aliphatic heterocycles. The molecule has 8 nitrogen and oxygen atoms in total. The third kappa shape index (κ3) is 4.08. The van der Waals surface area contributed by atoms with Gasteiger partial charge in [0.1, 0.15) is 11.5 Å². The second-order valence-corrected chi connectivity index (χ2v) is 6.43. The average Bonchev–Trinajstić information content (AvgIpc) is 3.30. The van der Waals surface area contributed by atoms with Crippen molar-refractivity contribution in [1.82, 2.24) is 14.9 Å². The standard InChI is InChI=1S/C20H18FN5O3/c21-14-4-1-2-5-15(14)23-18(27)16-7-8-22-20(24-16)26-11-9-25(10-12-26)19(28)17-6-3-13-29-17/h1-8,13H,9-12H2,(H,23,27). The van der Waals surface area contributed by atoms with Crippen LogP contribution in [0.2, 0.25) is 0 Å². The first kappa shape index (κ1) is 18.6. The Labute approximate surface area is 166 Å². The lowest BCUT2D eigenvalue weighted by atomic mass is 10.3. The molecule has 1 saturated heterocycles. The SMILES string of the molecule is O=C(Nc1ccccc1F)c1ccnc(N2CCN(C(=O)c3ccco3)CC2)n1. The normalized spacial score (nSPS) is 14.0. The van der Waals surface area contributed by atoms with Crippen molar-refractivity contribution >= 4 is 23.5 Å². The number of benzene rings is 1. The van der Waals surface area contributed by atoms with Crippen LogP contribution in [0, 0.1) is 5.82 Å². The zero-order valence-corrected chi connectivity index (χ0v) is 15.4. The number of piperazine rings is 1. The van der Waals surface area contributed by atoms with Gasteiger partial charge < -0.3 is 19.5 Å². The molecule has 29 heavy (non-hydrogen) atoms. The van der Waals surface area contributed by atoms with Gasteiger partial charge in [-0.25, -0.2) is 14.4 Å². The van der Waals surface area contributed by atoms with Crippen LogP contribution in [0.5, 0.6) is 0 Å². The Kier molecular flexibility index (Phi) is 5.19. The number of carbonyl (C=O) groups excluding carboxylic acids is 2. The largest absolute Gasteiger partial charge is 0.459 e. The van der Waals surface area contributed by atoms with E-state index in [1.165, 1.54) is 30.7 Å². The van der Waals surface area contributed by atoms with E-state index in [4.69, 9.17) is 4.42 Å². The zero-order chi connectivity index (χ0) is 20.2. The van der Waals surface area contributed by atoms with E-state index in [1.54, 1.807) is 29.2 Å². The van der Waals surface area contributed by atoms with Crippen LogP contribution < -0.4 is 10.2 Å². The number of anilines is 2. The van der Waals surface area contributed by atoms with Gasteiger partial charge in [-0.05, 0) is 30.3 Å². The Hall–Kier alpha value is -3.75. The van der Waals surface area contributed by atoms with Crippen LogP contribution in [-0.4, -0.2) is 52.9 Å². The smallest absolute Gasteiger partial charge is 0.289 e.